The molecule has 0 fully saturated rings. The van der Waals surface area contributed by atoms with E-state index in [2.05, 4.69) is 4.98 Å². The largest absolute Gasteiger partial charge is 0.425 e. The summed E-state index contributed by atoms with van der Waals surface area (Å²) in [6.45, 7) is 0. The van der Waals surface area contributed by atoms with Crippen molar-refractivity contribution in [2.45, 2.75) is 12.3 Å². The molecule has 1 aliphatic heterocycles. The van der Waals surface area contributed by atoms with Gasteiger partial charge in [-0.05, 0) is 17.7 Å². The van der Waals surface area contributed by atoms with E-state index in [4.69, 9.17) is 4.74 Å². The smallest absolute Gasteiger partial charge is 0.312 e. The summed E-state index contributed by atoms with van der Waals surface area (Å²) in [5.74, 6) is -0.684. The van der Waals surface area contributed by atoms with Gasteiger partial charge in [-0.15, -0.1) is 0 Å². The van der Waals surface area contributed by atoms with Crippen LogP contribution < -0.4 is 10.3 Å². The minimum Gasteiger partial charge on any atom is -0.425 e. The van der Waals surface area contributed by atoms with Gasteiger partial charge in [0.1, 0.15) is 5.75 Å². The number of nitro groups is 1. The molecule has 0 aliphatic carbocycles. The lowest BCUT2D eigenvalue weighted by Gasteiger charge is -2.25. The second-order valence-corrected chi connectivity index (χ2v) is 5.82. The second-order valence-electron chi connectivity index (χ2n) is 5.82. The van der Waals surface area contributed by atoms with Crippen LogP contribution in [0.4, 0.5) is 5.69 Å². The number of carbonyl (C=O) groups excluding carboxylic acids is 1. The normalized spacial score (nSPS) is 16.3. The summed E-state index contributed by atoms with van der Waals surface area (Å²) in [5, 5.41) is 11.5. The molecule has 4 rings (SSSR count). The number of aromatic nitrogens is 1. The van der Waals surface area contributed by atoms with Crippen LogP contribution in [0.1, 0.15) is 23.5 Å². The molecule has 0 saturated carbocycles. The van der Waals surface area contributed by atoms with Gasteiger partial charge in [-0.1, -0.05) is 24.3 Å². The van der Waals surface area contributed by atoms with E-state index in [0.29, 0.717) is 22.0 Å². The number of nitro benzene ring substituents is 1. The Hall–Kier alpha value is -3.48. The first-order valence-corrected chi connectivity index (χ1v) is 7.64. The van der Waals surface area contributed by atoms with Crippen LogP contribution in [0.5, 0.6) is 5.75 Å². The van der Waals surface area contributed by atoms with Crippen molar-refractivity contribution in [3.05, 3.63) is 80.1 Å². The number of pyridine rings is 1. The van der Waals surface area contributed by atoms with Gasteiger partial charge >= 0.3 is 5.97 Å². The number of aromatic amines is 1. The second kappa shape index (κ2) is 5.55. The number of esters is 1. The molecule has 124 valence electrons. The summed E-state index contributed by atoms with van der Waals surface area (Å²) in [4.78, 5) is 37.8. The maximum atomic E-state index is 12.6. The summed E-state index contributed by atoms with van der Waals surface area (Å²) in [5.41, 5.74) is 1.24. The number of nitrogens with one attached hydrogen (secondary N) is 1. The van der Waals surface area contributed by atoms with Crippen LogP contribution in [0.15, 0.2) is 53.3 Å². The van der Waals surface area contributed by atoms with Gasteiger partial charge in [0, 0.05) is 23.4 Å². The SMILES string of the molecule is O=C1CC(c2ccc([N+](=O)[O-])cc2)c2c(c3ccccc3[nH]c2=O)O1. The highest BCUT2D eigenvalue weighted by Gasteiger charge is 2.32. The van der Waals surface area contributed by atoms with E-state index in [1.165, 1.54) is 12.1 Å². The van der Waals surface area contributed by atoms with Crippen molar-refractivity contribution in [1.82, 2.24) is 4.98 Å². The van der Waals surface area contributed by atoms with Gasteiger partial charge in [-0.3, -0.25) is 19.7 Å². The lowest BCUT2D eigenvalue weighted by molar-refractivity contribution is -0.384. The molecule has 1 N–H and O–H groups in total. The zero-order valence-corrected chi connectivity index (χ0v) is 12.9. The molecule has 3 aromatic rings. The number of nitrogens with zero attached hydrogens (tertiary/aromatic N) is 1. The zero-order valence-electron chi connectivity index (χ0n) is 12.9. The number of carbonyl (C=O) groups is 1. The molecule has 25 heavy (non-hydrogen) atoms. The summed E-state index contributed by atoms with van der Waals surface area (Å²) < 4.78 is 5.37. The first-order valence-electron chi connectivity index (χ1n) is 7.64. The van der Waals surface area contributed by atoms with Crippen LogP contribution >= 0.6 is 0 Å². The van der Waals surface area contributed by atoms with E-state index in [1.807, 2.05) is 0 Å². The molecule has 0 spiro atoms. The Morgan fingerprint density at radius 3 is 2.52 bits per heavy atom. The predicted molar refractivity (Wildman–Crippen MR) is 89.8 cm³/mol. The Morgan fingerprint density at radius 2 is 1.80 bits per heavy atom. The molecule has 1 aliphatic rings. The number of benzene rings is 2. The van der Waals surface area contributed by atoms with Gasteiger partial charge in [0.15, 0.2) is 0 Å². The average Bonchev–Trinajstić information content (AvgIpc) is 2.61. The topological polar surface area (TPSA) is 102 Å². The first-order chi connectivity index (χ1) is 12.0. The maximum absolute atomic E-state index is 12.6. The summed E-state index contributed by atoms with van der Waals surface area (Å²) in [6, 6.07) is 13.0. The highest BCUT2D eigenvalue weighted by Crippen LogP contribution is 2.40. The molecule has 0 amide bonds. The average molecular weight is 336 g/mol. The van der Waals surface area contributed by atoms with Crippen LogP contribution in [0.2, 0.25) is 0 Å². The van der Waals surface area contributed by atoms with Crippen molar-refractivity contribution < 1.29 is 14.5 Å². The van der Waals surface area contributed by atoms with Crippen LogP contribution in [0.25, 0.3) is 10.9 Å². The highest BCUT2D eigenvalue weighted by atomic mass is 16.6. The number of fused-ring (bicyclic) bond motifs is 3. The third-order valence-corrected chi connectivity index (χ3v) is 4.35. The molecule has 1 atom stereocenters. The van der Waals surface area contributed by atoms with E-state index in [-0.39, 0.29) is 23.4 Å². The van der Waals surface area contributed by atoms with Gasteiger partial charge in [0.25, 0.3) is 11.2 Å². The molecule has 2 heterocycles. The summed E-state index contributed by atoms with van der Waals surface area (Å²) in [6.07, 6.45) is 0.00618. The van der Waals surface area contributed by atoms with Crippen molar-refractivity contribution in [3.63, 3.8) is 0 Å². The van der Waals surface area contributed by atoms with Crippen molar-refractivity contribution in [3.8, 4) is 5.75 Å². The molecule has 0 bridgehead atoms. The number of hydrogen-bond donors (Lipinski definition) is 1. The quantitative estimate of drug-likeness (QED) is 0.440. The molecule has 2 aromatic carbocycles. The van der Waals surface area contributed by atoms with Gasteiger partial charge in [0.05, 0.1) is 22.4 Å². The van der Waals surface area contributed by atoms with Gasteiger partial charge < -0.3 is 9.72 Å². The van der Waals surface area contributed by atoms with Crippen molar-refractivity contribution in [1.29, 1.82) is 0 Å². The Kier molecular flexibility index (Phi) is 3.35. The number of H-pyrrole nitrogens is 1. The molecule has 0 saturated heterocycles. The van der Waals surface area contributed by atoms with Crippen LogP contribution in [-0.4, -0.2) is 15.9 Å². The van der Waals surface area contributed by atoms with Crippen LogP contribution in [-0.2, 0) is 4.79 Å². The van der Waals surface area contributed by atoms with Gasteiger partial charge in [0.2, 0.25) is 0 Å². The van der Waals surface area contributed by atoms with E-state index < -0.39 is 16.8 Å². The number of rotatable bonds is 2. The molecule has 7 nitrogen and oxygen atoms in total. The van der Waals surface area contributed by atoms with Crippen molar-refractivity contribution in [2.75, 3.05) is 0 Å². The fourth-order valence-electron chi connectivity index (χ4n) is 3.19. The van der Waals surface area contributed by atoms with Gasteiger partial charge in [-0.2, -0.15) is 0 Å². The first kappa shape index (κ1) is 15.1. The lowest BCUT2D eigenvalue weighted by atomic mass is 9.86. The third-order valence-electron chi connectivity index (χ3n) is 4.35. The van der Waals surface area contributed by atoms with E-state index >= 15 is 0 Å². The van der Waals surface area contributed by atoms with Crippen molar-refractivity contribution >= 4 is 22.6 Å². The fraction of sp³-hybridized carbons (Fsp3) is 0.111. The molecule has 7 heteroatoms. The Bertz CT molecular complexity index is 1070. The Morgan fingerprint density at radius 1 is 1.08 bits per heavy atom. The van der Waals surface area contributed by atoms with E-state index in [1.54, 1.807) is 36.4 Å². The standard InChI is InChI=1S/C18H12N2O5/c21-15-9-13(10-5-7-11(8-6-10)20(23)24)16-17(25-15)12-3-1-2-4-14(12)19-18(16)22/h1-8,13H,9H2,(H,19,22). The Balaban J connectivity index is 1.92. The van der Waals surface area contributed by atoms with E-state index in [9.17, 15) is 19.7 Å². The number of para-hydroxylation sites is 1. The Labute approximate surface area is 141 Å². The van der Waals surface area contributed by atoms with E-state index in [0.717, 1.165) is 0 Å². The monoisotopic (exact) mass is 336 g/mol. The minimum atomic E-state index is -0.509. The molecular formula is C18H12N2O5. The van der Waals surface area contributed by atoms with Crippen LogP contribution in [0, 0.1) is 10.1 Å². The lowest BCUT2D eigenvalue weighted by Crippen LogP contribution is -2.28. The van der Waals surface area contributed by atoms with Crippen molar-refractivity contribution in [2.24, 2.45) is 0 Å². The third kappa shape index (κ3) is 2.46. The summed E-state index contributed by atoms with van der Waals surface area (Å²) in [7, 11) is 0. The fourth-order valence-corrected chi connectivity index (χ4v) is 3.19. The van der Waals surface area contributed by atoms with Crippen LogP contribution in [0.3, 0.4) is 0 Å². The zero-order chi connectivity index (χ0) is 17.6. The molecule has 1 unspecified atom stereocenters. The molecular weight excluding hydrogens is 324 g/mol. The summed E-state index contributed by atoms with van der Waals surface area (Å²) >= 11 is 0. The molecule has 1 aromatic heterocycles. The predicted octanol–water partition coefficient (Wildman–Crippen LogP) is 2.88. The maximum Gasteiger partial charge on any atom is 0.312 e. The van der Waals surface area contributed by atoms with Gasteiger partial charge in [-0.25, -0.2) is 0 Å². The number of non-ortho nitro benzene ring substituents is 1. The molecule has 0 radical (unpaired) electrons. The highest BCUT2D eigenvalue weighted by molar-refractivity contribution is 5.91. The number of ether oxygens (including phenoxy) is 1. The number of hydrogen-bond acceptors (Lipinski definition) is 5. The minimum absolute atomic E-state index is 0.00618.